The molecule has 4 heteroatoms. The van der Waals surface area contributed by atoms with Crippen LogP contribution in [-0.4, -0.2) is 50.7 Å². The number of rotatable bonds is 7. The lowest BCUT2D eigenvalue weighted by atomic mass is 9.93. The first-order valence-electron chi connectivity index (χ1n) is 6.78. The lowest BCUT2D eigenvalue weighted by Gasteiger charge is -2.32. The molecule has 100 valence electrons. The van der Waals surface area contributed by atoms with Gasteiger partial charge in [-0.05, 0) is 45.2 Å². The molecular formula is C13H26N2O2. The molecule has 1 fully saturated rings. The van der Waals surface area contributed by atoms with Crippen LogP contribution < -0.4 is 5.32 Å². The quantitative estimate of drug-likeness (QED) is 0.683. The van der Waals surface area contributed by atoms with Crippen molar-refractivity contribution in [3.05, 3.63) is 0 Å². The van der Waals surface area contributed by atoms with Crippen molar-refractivity contribution in [1.82, 2.24) is 10.2 Å². The van der Waals surface area contributed by atoms with E-state index in [-0.39, 0.29) is 12.5 Å². The van der Waals surface area contributed by atoms with Crippen molar-refractivity contribution in [3.63, 3.8) is 0 Å². The topological polar surface area (TPSA) is 41.6 Å². The van der Waals surface area contributed by atoms with Gasteiger partial charge in [0, 0.05) is 19.7 Å². The number of piperidine rings is 1. The zero-order valence-corrected chi connectivity index (χ0v) is 11.2. The van der Waals surface area contributed by atoms with E-state index >= 15 is 0 Å². The van der Waals surface area contributed by atoms with Gasteiger partial charge in [-0.25, -0.2) is 0 Å². The number of hydrogen-bond acceptors (Lipinski definition) is 3. The maximum atomic E-state index is 11.8. The Morgan fingerprint density at radius 3 is 2.71 bits per heavy atom. The fourth-order valence-corrected chi connectivity index (χ4v) is 2.21. The van der Waals surface area contributed by atoms with Gasteiger partial charge in [0.1, 0.15) is 6.61 Å². The first-order valence-corrected chi connectivity index (χ1v) is 6.78. The number of nitrogens with zero attached hydrogens (tertiary/aromatic N) is 1. The molecule has 1 saturated heterocycles. The largest absolute Gasteiger partial charge is 0.372 e. The van der Waals surface area contributed by atoms with Gasteiger partial charge in [-0.1, -0.05) is 6.92 Å². The molecule has 1 rings (SSSR count). The average molecular weight is 242 g/mol. The SMILES string of the molecule is CCCOCC(=O)N1CCC(CCNC)CC1. The van der Waals surface area contributed by atoms with Crippen LogP contribution in [0.1, 0.15) is 32.6 Å². The maximum Gasteiger partial charge on any atom is 0.248 e. The smallest absolute Gasteiger partial charge is 0.248 e. The van der Waals surface area contributed by atoms with E-state index in [9.17, 15) is 4.79 Å². The van der Waals surface area contributed by atoms with E-state index in [0.717, 1.165) is 44.8 Å². The molecule has 4 nitrogen and oxygen atoms in total. The van der Waals surface area contributed by atoms with E-state index in [4.69, 9.17) is 4.74 Å². The van der Waals surface area contributed by atoms with Gasteiger partial charge in [0.15, 0.2) is 0 Å². The molecule has 1 aliphatic heterocycles. The predicted molar refractivity (Wildman–Crippen MR) is 69.0 cm³/mol. The minimum Gasteiger partial charge on any atom is -0.372 e. The van der Waals surface area contributed by atoms with Gasteiger partial charge in [-0.15, -0.1) is 0 Å². The molecule has 0 bridgehead atoms. The Bertz CT molecular complexity index is 213. The van der Waals surface area contributed by atoms with Gasteiger partial charge >= 0.3 is 0 Å². The van der Waals surface area contributed by atoms with Crippen LogP contribution in [0.5, 0.6) is 0 Å². The molecule has 0 spiro atoms. The summed E-state index contributed by atoms with van der Waals surface area (Å²) in [6, 6.07) is 0. The summed E-state index contributed by atoms with van der Waals surface area (Å²) in [6.45, 7) is 5.89. The highest BCUT2D eigenvalue weighted by Gasteiger charge is 2.22. The Morgan fingerprint density at radius 1 is 1.41 bits per heavy atom. The van der Waals surface area contributed by atoms with Crippen molar-refractivity contribution < 1.29 is 9.53 Å². The molecule has 0 aromatic rings. The first kappa shape index (κ1) is 14.5. The number of carbonyl (C=O) groups is 1. The van der Waals surface area contributed by atoms with Crippen molar-refractivity contribution >= 4 is 5.91 Å². The molecule has 0 aromatic heterocycles. The van der Waals surface area contributed by atoms with Crippen LogP contribution >= 0.6 is 0 Å². The molecule has 0 radical (unpaired) electrons. The molecule has 1 N–H and O–H groups in total. The third-order valence-corrected chi connectivity index (χ3v) is 3.34. The standard InChI is InChI=1S/C13H26N2O2/c1-3-10-17-11-13(16)15-8-5-12(6-9-15)4-7-14-2/h12,14H,3-11H2,1-2H3. The van der Waals surface area contributed by atoms with Crippen LogP contribution in [0.4, 0.5) is 0 Å². The lowest BCUT2D eigenvalue weighted by Crippen LogP contribution is -2.40. The Balaban J connectivity index is 2.15. The Hall–Kier alpha value is -0.610. The minimum absolute atomic E-state index is 0.158. The summed E-state index contributed by atoms with van der Waals surface area (Å²) in [6.07, 6.45) is 4.48. The monoisotopic (exact) mass is 242 g/mol. The van der Waals surface area contributed by atoms with E-state index in [1.807, 2.05) is 11.9 Å². The molecule has 1 heterocycles. The van der Waals surface area contributed by atoms with Gasteiger partial charge in [-0.2, -0.15) is 0 Å². The van der Waals surface area contributed by atoms with E-state index < -0.39 is 0 Å². The third kappa shape index (κ3) is 5.50. The highest BCUT2D eigenvalue weighted by atomic mass is 16.5. The summed E-state index contributed by atoms with van der Waals surface area (Å²) in [5, 5.41) is 3.18. The van der Waals surface area contributed by atoms with E-state index in [2.05, 4.69) is 12.2 Å². The minimum atomic E-state index is 0.158. The lowest BCUT2D eigenvalue weighted by molar-refractivity contribution is -0.137. The number of ether oxygens (including phenoxy) is 1. The van der Waals surface area contributed by atoms with Gasteiger partial charge in [-0.3, -0.25) is 4.79 Å². The van der Waals surface area contributed by atoms with E-state index in [1.165, 1.54) is 6.42 Å². The van der Waals surface area contributed by atoms with Crippen LogP contribution in [0.3, 0.4) is 0 Å². The zero-order valence-electron chi connectivity index (χ0n) is 11.2. The summed E-state index contributed by atoms with van der Waals surface area (Å²) < 4.78 is 5.29. The molecule has 1 amide bonds. The van der Waals surface area contributed by atoms with Crippen molar-refractivity contribution in [2.75, 3.05) is 39.9 Å². The number of amides is 1. The summed E-state index contributed by atoms with van der Waals surface area (Å²) >= 11 is 0. The van der Waals surface area contributed by atoms with Crippen LogP contribution in [0.2, 0.25) is 0 Å². The molecule has 0 atom stereocenters. The average Bonchev–Trinajstić information content (AvgIpc) is 2.37. The first-order chi connectivity index (χ1) is 8.27. The van der Waals surface area contributed by atoms with Crippen molar-refractivity contribution in [1.29, 1.82) is 0 Å². The third-order valence-electron chi connectivity index (χ3n) is 3.34. The second-order valence-corrected chi connectivity index (χ2v) is 4.77. The Kier molecular flexibility index (Phi) is 7.21. The molecule has 0 aromatic carbocycles. The van der Waals surface area contributed by atoms with Gasteiger partial charge in [0.05, 0.1) is 0 Å². The fraction of sp³-hybridized carbons (Fsp3) is 0.923. The van der Waals surface area contributed by atoms with E-state index in [0.29, 0.717) is 6.61 Å². The second kappa shape index (κ2) is 8.48. The highest BCUT2D eigenvalue weighted by molar-refractivity contribution is 5.77. The molecule has 0 saturated carbocycles. The fourth-order valence-electron chi connectivity index (χ4n) is 2.21. The molecule has 0 unspecified atom stereocenters. The summed E-state index contributed by atoms with van der Waals surface area (Å²) in [7, 11) is 1.99. The number of likely N-dealkylation sites (tertiary alicyclic amines) is 1. The summed E-state index contributed by atoms with van der Waals surface area (Å²) in [4.78, 5) is 13.7. The molecule has 17 heavy (non-hydrogen) atoms. The normalized spacial score (nSPS) is 17.4. The number of hydrogen-bond donors (Lipinski definition) is 1. The summed E-state index contributed by atoms with van der Waals surface area (Å²) in [5.41, 5.74) is 0. The van der Waals surface area contributed by atoms with E-state index in [1.54, 1.807) is 0 Å². The Labute approximate surface area is 105 Å². The molecular weight excluding hydrogens is 216 g/mol. The van der Waals surface area contributed by atoms with Crippen molar-refractivity contribution in [2.45, 2.75) is 32.6 Å². The van der Waals surface area contributed by atoms with Crippen molar-refractivity contribution in [3.8, 4) is 0 Å². The summed E-state index contributed by atoms with van der Waals surface area (Å²) in [5.74, 6) is 0.938. The maximum absolute atomic E-state index is 11.8. The van der Waals surface area contributed by atoms with Gasteiger partial charge in [0.25, 0.3) is 0 Å². The van der Waals surface area contributed by atoms with Crippen molar-refractivity contribution in [2.24, 2.45) is 5.92 Å². The van der Waals surface area contributed by atoms with Crippen LogP contribution in [-0.2, 0) is 9.53 Å². The van der Waals surface area contributed by atoms with Crippen LogP contribution in [0.25, 0.3) is 0 Å². The molecule has 0 aliphatic carbocycles. The number of nitrogens with one attached hydrogen (secondary N) is 1. The predicted octanol–water partition coefficient (Wildman–Crippen LogP) is 1.26. The number of carbonyl (C=O) groups excluding carboxylic acids is 1. The van der Waals surface area contributed by atoms with Gasteiger partial charge < -0.3 is 15.0 Å². The second-order valence-electron chi connectivity index (χ2n) is 4.77. The van der Waals surface area contributed by atoms with Crippen LogP contribution in [0, 0.1) is 5.92 Å². The highest BCUT2D eigenvalue weighted by Crippen LogP contribution is 2.19. The molecule has 1 aliphatic rings. The zero-order chi connectivity index (χ0) is 12.5. The Morgan fingerprint density at radius 2 is 2.12 bits per heavy atom. The van der Waals surface area contributed by atoms with Gasteiger partial charge in [0.2, 0.25) is 5.91 Å². The van der Waals surface area contributed by atoms with Crippen LogP contribution in [0.15, 0.2) is 0 Å².